The van der Waals surface area contributed by atoms with E-state index in [2.05, 4.69) is 22.5 Å². The molecule has 0 atom stereocenters. The van der Waals surface area contributed by atoms with Crippen LogP contribution < -0.4 is 10.1 Å². The first-order valence-corrected chi connectivity index (χ1v) is 9.83. The standard InChI is InChI=1S/C23H27N3O3/c1-18(2)28-16-6-14-24-23(27)22-13-15-26(25-22)17-29-21-11-9-20(10-12-21)19-7-4-3-5-8-19/h3-5,7-13,15,18H,6,14,16-17H2,1-2H3,(H,24,27). The van der Waals surface area contributed by atoms with Crippen LogP contribution in [0.2, 0.25) is 0 Å². The Labute approximate surface area is 171 Å². The molecule has 1 aromatic heterocycles. The molecule has 0 unspecified atom stereocenters. The van der Waals surface area contributed by atoms with Crippen LogP contribution in [0.4, 0.5) is 0 Å². The molecule has 1 amide bonds. The zero-order valence-corrected chi connectivity index (χ0v) is 16.9. The summed E-state index contributed by atoms with van der Waals surface area (Å²) in [7, 11) is 0. The van der Waals surface area contributed by atoms with Crippen LogP contribution in [0.5, 0.6) is 5.75 Å². The van der Waals surface area contributed by atoms with Gasteiger partial charge in [-0.15, -0.1) is 0 Å². The lowest BCUT2D eigenvalue weighted by atomic mass is 10.1. The van der Waals surface area contributed by atoms with Gasteiger partial charge < -0.3 is 14.8 Å². The van der Waals surface area contributed by atoms with E-state index in [-0.39, 0.29) is 18.7 Å². The molecule has 152 valence electrons. The van der Waals surface area contributed by atoms with E-state index in [1.807, 2.05) is 56.3 Å². The van der Waals surface area contributed by atoms with E-state index >= 15 is 0 Å². The summed E-state index contributed by atoms with van der Waals surface area (Å²) in [5.74, 6) is 0.553. The Hall–Kier alpha value is -3.12. The number of hydrogen-bond donors (Lipinski definition) is 1. The fourth-order valence-corrected chi connectivity index (χ4v) is 2.75. The van der Waals surface area contributed by atoms with Gasteiger partial charge in [0.15, 0.2) is 6.73 Å². The van der Waals surface area contributed by atoms with Crippen molar-refractivity contribution in [1.29, 1.82) is 0 Å². The van der Waals surface area contributed by atoms with E-state index < -0.39 is 0 Å². The number of carbonyl (C=O) groups is 1. The van der Waals surface area contributed by atoms with E-state index in [4.69, 9.17) is 9.47 Å². The highest BCUT2D eigenvalue weighted by atomic mass is 16.5. The topological polar surface area (TPSA) is 65.4 Å². The number of ether oxygens (including phenoxy) is 2. The van der Waals surface area contributed by atoms with Crippen molar-refractivity contribution in [2.45, 2.75) is 33.1 Å². The molecule has 2 aromatic carbocycles. The number of benzene rings is 2. The number of nitrogens with zero attached hydrogens (tertiary/aromatic N) is 2. The second-order valence-corrected chi connectivity index (χ2v) is 6.93. The van der Waals surface area contributed by atoms with Crippen LogP contribution in [0, 0.1) is 0 Å². The molecule has 0 bridgehead atoms. The molecular weight excluding hydrogens is 366 g/mol. The van der Waals surface area contributed by atoms with Gasteiger partial charge >= 0.3 is 0 Å². The Balaban J connectivity index is 1.45. The average Bonchev–Trinajstić information content (AvgIpc) is 3.22. The fraction of sp³-hybridized carbons (Fsp3) is 0.304. The van der Waals surface area contributed by atoms with Crippen molar-refractivity contribution in [3.63, 3.8) is 0 Å². The first kappa shape index (κ1) is 20.6. The third-order valence-electron chi connectivity index (χ3n) is 4.26. The first-order valence-electron chi connectivity index (χ1n) is 9.83. The molecule has 0 aliphatic carbocycles. The predicted octanol–water partition coefficient (Wildman–Crippen LogP) is 4.13. The van der Waals surface area contributed by atoms with Gasteiger partial charge in [-0.1, -0.05) is 42.5 Å². The summed E-state index contributed by atoms with van der Waals surface area (Å²) in [6.45, 7) is 5.40. The molecule has 3 aromatic rings. The fourth-order valence-electron chi connectivity index (χ4n) is 2.75. The molecule has 0 aliphatic heterocycles. The molecule has 0 fully saturated rings. The SMILES string of the molecule is CC(C)OCCCNC(=O)c1ccn(COc2ccc(-c3ccccc3)cc2)n1. The highest BCUT2D eigenvalue weighted by molar-refractivity contribution is 5.92. The van der Waals surface area contributed by atoms with Gasteiger partial charge in [-0.2, -0.15) is 5.10 Å². The van der Waals surface area contributed by atoms with E-state index in [1.54, 1.807) is 16.9 Å². The molecule has 6 heteroatoms. The number of hydrogen-bond acceptors (Lipinski definition) is 4. The van der Waals surface area contributed by atoms with Gasteiger partial charge in [0.2, 0.25) is 0 Å². The number of aromatic nitrogens is 2. The van der Waals surface area contributed by atoms with Crippen LogP contribution in [0.3, 0.4) is 0 Å². The Morgan fingerprint density at radius 1 is 1.03 bits per heavy atom. The van der Waals surface area contributed by atoms with Crippen molar-refractivity contribution >= 4 is 5.91 Å². The van der Waals surface area contributed by atoms with Gasteiger partial charge in [0.1, 0.15) is 11.4 Å². The lowest BCUT2D eigenvalue weighted by Crippen LogP contribution is -2.26. The molecule has 6 nitrogen and oxygen atoms in total. The summed E-state index contributed by atoms with van der Waals surface area (Å²) >= 11 is 0. The highest BCUT2D eigenvalue weighted by Gasteiger charge is 2.09. The van der Waals surface area contributed by atoms with Crippen molar-refractivity contribution in [2.75, 3.05) is 13.2 Å². The Morgan fingerprint density at radius 2 is 1.76 bits per heavy atom. The zero-order valence-electron chi connectivity index (χ0n) is 16.9. The number of amides is 1. The minimum absolute atomic E-state index is 0.194. The molecule has 0 spiro atoms. The summed E-state index contributed by atoms with van der Waals surface area (Å²) in [6, 6.07) is 19.8. The van der Waals surface area contributed by atoms with Crippen molar-refractivity contribution in [2.24, 2.45) is 0 Å². The summed E-state index contributed by atoms with van der Waals surface area (Å²) in [5.41, 5.74) is 2.67. The van der Waals surface area contributed by atoms with Crippen LogP contribution >= 0.6 is 0 Å². The van der Waals surface area contributed by atoms with Crippen molar-refractivity contribution in [3.05, 3.63) is 72.6 Å². The third kappa shape index (κ3) is 6.47. The second kappa shape index (κ2) is 10.4. The van der Waals surface area contributed by atoms with Crippen LogP contribution in [-0.4, -0.2) is 34.9 Å². The maximum atomic E-state index is 12.1. The van der Waals surface area contributed by atoms with E-state index in [9.17, 15) is 4.79 Å². The predicted molar refractivity (Wildman–Crippen MR) is 113 cm³/mol. The van der Waals surface area contributed by atoms with Gasteiger partial charge in [-0.3, -0.25) is 4.79 Å². The molecule has 1 heterocycles. The summed E-state index contributed by atoms with van der Waals surface area (Å²) in [4.78, 5) is 12.1. The Bertz CT molecular complexity index is 889. The van der Waals surface area contributed by atoms with Gasteiger partial charge in [0.05, 0.1) is 6.10 Å². The largest absolute Gasteiger partial charge is 0.471 e. The maximum absolute atomic E-state index is 12.1. The van der Waals surface area contributed by atoms with Gasteiger partial charge in [0.25, 0.3) is 5.91 Å². The molecular formula is C23H27N3O3. The molecule has 0 radical (unpaired) electrons. The lowest BCUT2D eigenvalue weighted by Gasteiger charge is -2.08. The van der Waals surface area contributed by atoms with Gasteiger partial charge in [-0.25, -0.2) is 4.68 Å². The second-order valence-electron chi connectivity index (χ2n) is 6.93. The summed E-state index contributed by atoms with van der Waals surface area (Å²) in [5, 5.41) is 7.11. The Kier molecular flexibility index (Phi) is 7.41. The summed E-state index contributed by atoms with van der Waals surface area (Å²) in [6.07, 6.45) is 2.71. The van der Waals surface area contributed by atoms with Crippen LogP contribution in [0.25, 0.3) is 11.1 Å². The number of carbonyl (C=O) groups excluding carboxylic acids is 1. The van der Waals surface area contributed by atoms with E-state index in [0.717, 1.165) is 23.3 Å². The molecule has 29 heavy (non-hydrogen) atoms. The number of rotatable bonds is 10. The zero-order chi connectivity index (χ0) is 20.5. The van der Waals surface area contributed by atoms with Crippen molar-refractivity contribution in [3.8, 4) is 16.9 Å². The molecule has 0 saturated heterocycles. The van der Waals surface area contributed by atoms with E-state index in [1.165, 1.54) is 0 Å². The van der Waals surface area contributed by atoms with Crippen LogP contribution in [0.1, 0.15) is 30.8 Å². The van der Waals surface area contributed by atoms with Crippen LogP contribution in [-0.2, 0) is 11.5 Å². The van der Waals surface area contributed by atoms with Crippen molar-refractivity contribution < 1.29 is 14.3 Å². The van der Waals surface area contributed by atoms with Gasteiger partial charge in [0, 0.05) is 19.3 Å². The average molecular weight is 393 g/mol. The summed E-state index contributed by atoms with van der Waals surface area (Å²) < 4.78 is 12.8. The quantitative estimate of drug-likeness (QED) is 0.526. The lowest BCUT2D eigenvalue weighted by molar-refractivity contribution is 0.0756. The van der Waals surface area contributed by atoms with Crippen molar-refractivity contribution in [1.82, 2.24) is 15.1 Å². The molecule has 0 saturated carbocycles. The van der Waals surface area contributed by atoms with Gasteiger partial charge in [-0.05, 0) is 49.6 Å². The first-order chi connectivity index (χ1) is 14.1. The van der Waals surface area contributed by atoms with Crippen LogP contribution in [0.15, 0.2) is 66.9 Å². The Morgan fingerprint density at radius 3 is 2.48 bits per heavy atom. The smallest absolute Gasteiger partial charge is 0.271 e. The highest BCUT2D eigenvalue weighted by Crippen LogP contribution is 2.22. The number of nitrogens with one attached hydrogen (secondary N) is 1. The molecule has 0 aliphatic rings. The minimum Gasteiger partial charge on any atom is -0.471 e. The third-order valence-corrected chi connectivity index (χ3v) is 4.26. The molecule has 3 rings (SSSR count). The van der Waals surface area contributed by atoms with E-state index in [0.29, 0.717) is 18.8 Å². The monoisotopic (exact) mass is 393 g/mol. The maximum Gasteiger partial charge on any atom is 0.271 e. The molecule has 1 N–H and O–H groups in total. The normalized spacial score (nSPS) is 10.9. The minimum atomic E-state index is -0.194.